The van der Waals surface area contributed by atoms with Crippen molar-refractivity contribution >= 4 is 0 Å². The predicted molar refractivity (Wildman–Crippen MR) is 102 cm³/mol. The first-order chi connectivity index (χ1) is 12.5. The zero-order chi connectivity index (χ0) is 18.4. The van der Waals surface area contributed by atoms with Crippen molar-refractivity contribution in [2.75, 3.05) is 6.61 Å². The van der Waals surface area contributed by atoms with Crippen molar-refractivity contribution in [1.29, 1.82) is 0 Å². The van der Waals surface area contributed by atoms with E-state index in [4.69, 9.17) is 5.11 Å². The van der Waals surface area contributed by atoms with Crippen molar-refractivity contribution in [2.24, 2.45) is 17.3 Å². The maximum absolute atomic E-state index is 11.4. The molecule has 0 aliphatic heterocycles. The highest BCUT2D eigenvalue weighted by atomic mass is 16.3. The molecular formula is C23H30O3. The Morgan fingerprint density at radius 2 is 2.04 bits per heavy atom. The summed E-state index contributed by atoms with van der Waals surface area (Å²) < 4.78 is 0. The van der Waals surface area contributed by atoms with E-state index in [-0.39, 0.29) is 12.0 Å². The van der Waals surface area contributed by atoms with Crippen LogP contribution in [0.15, 0.2) is 18.2 Å². The number of hydrogen-bond donors (Lipinski definition) is 3. The maximum atomic E-state index is 11.4. The number of fused-ring (bicyclic) bond motifs is 5. The first-order valence-electron chi connectivity index (χ1n) is 10.1. The Bertz CT molecular complexity index is 746. The molecule has 3 aliphatic carbocycles. The van der Waals surface area contributed by atoms with Crippen molar-refractivity contribution < 1.29 is 15.3 Å². The lowest BCUT2D eigenvalue weighted by atomic mass is 9.53. The Hall–Kier alpha value is -1.50. The summed E-state index contributed by atoms with van der Waals surface area (Å²) in [6.45, 7) is 2.42. The lowest BCUT2D eigenvalue weighted by Gasteiger charge is -2.52. The summed E-state index contributed by atoms with van der Waals surface area (Å²) in [4.78, 5) is 0. The van der Waals surface area contributed by atoms with E-state index >= 15 is 0 Å². The van der Waals surface area contributed by atoms with E-state index < -0.39 is 5.60 Å². The Morgan fingerprint density at radius 1 is 1.19 bits per heavy atom. The summed E-state index contributed by atoms with van der Waals surface area (Å²) in [7, 11) is 0. The second-order valence-corrected chi connectivity index (χ2v) is 8.78. The third-order valence-electron chi connectivity index (χ3n) is 7.62. The quantitative estimate of drug-likeness (QED) is 0.560. The average molecular weight is 354 g/mol. The molecule has 4 rings (SSSR count). The number of unbranched alkanes of at least 4 members (excludes halogenated alkanes) is 1. The lowest BCUT2D eigenvalue weighted by molar-refractivity contribution is -0.0648. The summed E-state index contributed by atoms with van der Waals surface area (Å²) in [6.07, 6.45) is 7.43. The average Bonchev–Trinajstić information content (AvgIpc) is 2.90. The van der Waals surface area contributed by atoms with Crippen molar-refractivity contribution in [3.05, 3.63) is 29.3 Å². The molecule has 1 aromatic carbocycles. The molecule has 0 radical (unpaired) electrons. The van der Waals surface area contributed by atoms with Gasteiger partial charge in [-0.1, -0.05) is 18.9 Å². The van der Waals surface area contributed by atoms with Gasteiger partial charge < -0.3 is 15.3 Å². The van der Waals surface area contributed by atoms with Crippen LogP contribution in [0.4, 0.5) is 0 Å². The summed E-state index contributed by atoms with van der Waals surface area (Å²) in [5.74, 6) is 8.40. The molecule has 0 saturated heterocycles. The second-order valence-electron chi connectivity index (χ2n) is 8.78. The SMILES string of the molecule is C[C@]12CC[C@@H]3c4ccc(O)cc4CC[C@H]3[C@@H]1CC[C@@]2(O)C#CCCCO. The predicted octanol–water partition coefficient (Wildman–Crippen LogP) is 3.76. The van der Waals surface area contributed by atoms with Gasteiger partial charge in [-0.3, -0.25) is 0 Å². The fourth-order valence-electron chi connectivity index (χ4n) is 6.17. The van der Waals surface area contributed by atoms with Crippen LogP contribution in [0, 0.1) is 29.1 Å². The van der Waals surface area contributed by atoms with Crippen LogP contribution in [0.5, 0.6) is 5.75 Å². The Labute approximate surface area is 156 Å². The Morgan fingerprint density at radius 3 is 2.85 bits per heavy atom. The second kappa shape index (κ2) is 6.59. The molecule has 0 bridgehead atoms. The molecule has 2 saturated carbocycles. The van der Waals surface area contributed by atoms with Crippen LogP contribution in [0.1, 0.15) is 68.9 Å². The van der Waals surface area contributed by atoms with E-state index in [1.165, 1.54) is 11.1 Å². The molecule has 0 heterocycles. The zero-order valence-electron chi connectivity index (χ0n) is 15.7. The van der Waals surface area contributed by atoms with Gasteiger partial charge in [0.05, 0.1) is 0 Å². The number of aryl methyl sites for hydroxylation is 1. The van der Waals surface area contributed by atoms with Crippen molar-refractivity contribution in [1.82, 2.24) is 0 Å². The number of rotatable bonds is 2. The Kier molecular flexibility index (Phi) is 4.53. The fraction of sp³-hybridized carbons (Fsp3) is 0.652. The van der Waals surface area contributed by atoms with Gasteiger partial charge in [-0.05, 0) is 86.0 Å². The molecule has 0 amide bonds. The topological polar surface area (TPSA) is 60.7 Å². The van der Waals surface area contributed by atoms with Crippen LogP contribution in [-0.2, 0) is 6.42 Å². The number of phenols is 1. The third kappa shape index (κ3) is 2.66. The minimum atomic E-state index is -0.882. The van der Waals surface area contributed by atoms with E-state index in [0.717, 1.165) is 38.5 Å². The van der Waals surface area contributed by atoms with Crippen molar-refractivity contribution in [3.63, 3.8) is 0 Å². The van der Waals surface area contributed by atoms with Crippen LogP contribution < -0.4 is 0 Å². The van der Waals surface area contributed by atoms with Crippen LogP contribution in [0.3, 0.4) is 0 Å². The molecule has 0 spiro atoms. The number of hydrogen-bond acceptors (Lipinski definition) is 3. The minimum Gasteiger partial charge on any atom is -0.508 e. The number of benzene rings is 1. The highest BCUT2D eigenvalue weighted by Crippen LogP contribution is 2.64. The minimum absolute atomic E-state index is 0.130. The normalized spacial score (nSPS) is 37.9. The number of aliphatic hydroxyl groups excluding tert-OH is 1. The Balaban J connectivity index is 1.60. The summed E-state index contributed by atoms with van der Waals surface area (Å²) in [6, 6.07) is 5.89. The maximum Gasteiger partial charge on any atom is 0.131 e. The highest BCUT2D eigenvalue weighted by molar-refractivity contribution is 5.40. The van der Waals surface area contributed by atoms with Crippen molar-refractivity contribution in [3.8, 4) is 17.6 Å². The molecule has 3 aliphatic rings. The van der Waals surface area contributed by atoms with Gasteiger partial charge in [0.25, 0.3) is 0 Å². The van der Waals surface area contributed by atoms with Crippen LogP contribution >= 0.6 is 0 Å². The first kappa shape index (κ1) is 17.9. The van der Waals surface area contributed by atoms with Crippen molar-refractivity contribution in [2.45, 2.75) is 69.8 Å². The van der Waals surface area contributed by atoms with Gasteiger partial charge in [0.2, 0.25) is 0 Å². The van der Waals surface area contributed by atoms with Gasteiger partial charge >= 0.3 is 0 Å². The number of phenolic OH excluding ortho intramolecular Hbond substituents is 1. The standard InChI is InChI=1S/C23H30O3/c1-22-12-9-19-18-8-6-17(25)15-16(18)5-7-20(19)21(22)10-13-23(22,26)11-3-2-4-14-24/h6,8,15,19-21,24-26H,2,4-5,7,9-10,12-14H2,1H3/t19-,20-,21+,22+,23+/m1/s1. The van der Waals surface area contributed by atoms with Crippen LogP contribution in [0.2, 0.25) is 0 Å². The molecule has 3 N–H and O–H groups in total. The third-order valence-corrected chi connectivity index (χ3v) is 7.62. The van der Waals surface area contributed by atoms with E-state index in [1.54, 1.807) is 0 Å². The van der Waals surface area contributed by atoms with Gasteiger partial charge in [0, 0.05) is 18.4 Å². The van der Waals surface area contributed by atoms with E-state index in [1.807, 2.05) is 12.1 Å². The molecule has 5 atom stereocenters. The largest absolute Gasteiger partial charge is 0.508 e. The lowest BCUT2D eigenvalue weighted by Crippen LogP contribution is -2.50. The summed E-state index contributed by atoms with van der Waals surface area (Å²) in [5.41, 5.74) is 1.72. The van der Waals surface area contributed by atoms with Gasteiger partial charge in [0.15, 0.2) is 0 Å². The molecule has 3 nitrogen and oxygen atoms in total. The molecule has 1 aromatic rings. The van der Waals surface area contributed by atoms with Gasteiger partial charge in [-0.15, -0.1) is 5.92 Å². The molecule has 140 valence electrons. The molecule has 3 heteroatoms. The highest BCUT2D eigenvalue weighted by Gasteiger charge is 2.61. The summed E-state index contributed by atoms with van der Waals surface area (Å²) >= 11 is 0. The van der Waals surface area contributed by atoms with E-state index in [2.05, 4.69) is 24.8 Å². The number of aromatic hydroxyl groups is 1. The smallest absolute Gasteiger partial charge is 0.131 e. The molecular weight excluding hydrogens is 324 g/mol. The fourth-order valence-corrected chi connectivity index (χ4v) is 6.17. The number of aliphatic hydroxyl groups is 2. The first-order valence-corrected chi connectivity index (χ1v) is 10.1. The van der Waals surface area contributed by atoms with Crippen LogP contribution in [0.25, 0.3) is 0 Å². The summed E-state index contributed by atoms with van der Waals surface area (Å²) in [5, 5.41) is 30.1. The monoisotopic (exact) mass is 354 g/mol. The van der Waals surface area contributed by atoms with Gasteiger partial charge in [0.1, 0.15) is 11.4 Å². The molecule has 26 heavy (non-hydrogen) atoms. The van der Waals surface area contributed by atoms with E-state index in [0.29, 0.717) is 36.3 Å². The van der Waals surface area contributed by atoms with Crippen LogP contribution in [-0.4, -0.2) is 27.5 Å². The van der Waals surface area contributed by atoms with Gasteiger partial charge in [-0.2, -0.15) is 0 Å². The molecule has 0 unspecified atom stereocenters. The molecule has 2 fully saturated rings. The molecule has 0 aromatic heterocycles. The van der Waals surface area contributed by atoms with Gasteiger partial charge in [-0.25, -0.2) is 0 Å². The van der Waals surface area contributed by atoms with E-state index in [9.17, 15) is 10.2 Å². The zero-order valence-corrected chi connectivity index (χ0v) is 15.7.